The molecule has 0 N–H and O–H groups in total. The lowest BCUT2D eigenvalue weighted by atomic mass is 10.2. The lowest BCUT2D eigenvalue weighted by Crippen LogP contribution is -2.02. The fourth-order valence-corrected chi connectivity index (χ4v) is 1.85. The van der Waals surface area contributed by atoms with Crippen LogP contribution in [-0.4, -0.2) is 19.7 Å². The maximum Gasteiger partial charge on any atom is 0.252 e. The van der Waals surface area contributed by atoms with Crippen molar-refractivity contribution in [3.05, 3.63) is 53.9 Å². The van der Waals surface area contributed by atoms with E-state index in [0.29, 0.717) is 12.4 Å². The van der Waals surface area contributed by atoms with Gasteiger partial charge in [0.1, 0.15) is 23.9 Å². The maximum atomic E-state index is 8.70. The molecule has 20 heavy (non-hydrogen) atoms. The quantitative estimate of drug-likeness (QED) is 0.724. The highest BCUT2D eigenvalue weighted by atomic mass is 16.4. The van der Waals surface area contributed by atoms with Crippen LogP contribution in [0.2, 0.25) is 0 Å². The minimum Gasteiger partial charge on any atom is -0.441 e. The van der Waals surface area contributed by atoms with Crippen molar-refractivity contribution in [3.63, 3.8) is 0 Å². The van der Waals surface area contributed by atoms with Gasteiger partial charge >= 0.3 is 0 Å². The molecule has 0 aliphatic heterocycles. The number of aryl methyl sites for hydroxylation is 1. The van der Waals surface area contributed by atoms with Gasteiger partial charge in [0, 0.05) is 5.56 Å². The van der Waals surface area contributed by atoms with Crippen LogP contribution in [0.5, 0.6) is 0 Å². The first kappa shape index (κ1) is 12.1. The molecule has 98 valence electrons. The Kier molecular flexibility index (Phi) is 3.01. The molecular formula is C14H11N5O. The predicted octanol–water partition coefficient (Wildman–Crippen LogP) is 2.16. The van der Waals surface area contributed by atoms with E-state index < -0.39 is 0 Å². The highest BCUT2D eigenvalue weighted by Gasteiger charge is 2.12. The Morgan fingerprint density at radius 2 is 2.10 bits per heavy atom. The number of oxazole rings is 1. The highest BCUT2D eigenvalue weighted by molar-refractivity contribution is 5.53. The topological polar surface area (TPSA) is 80.5 Å². The van der Waals surface area contributed by atoms with E-state index in [1.807, 2.05) is 43.3 Å². The number of nitrogens with zero attached hydrogens (tertiary/aromatic N) is 5. The van der Waals surface area contributed by atoms with Crippen molar-refractivity contribution < 1.29 is 4.42 Å². The van der Waals surface area contributed by atoms with Crippen molar-refractivity contribution in [1.29, 1.82) is 5.26 Å². The number of benzene rings is 1. The predicted molar refractivity (Wildman–Crippen MR) is 70.5 cm³/mol. The van der Waals surface area contributed by atoms with Gasteiger partial charge in [-0.1, -0.05) is 18.2 Å². The number of nitriles is 1. The molecule has 0 amide bonds. The van der Waals surface area contributed by atoms with Gasteiger partial charge in [-0.25, -0.2) is 14.6 Å². The average molecular weight is 265 g/mol. The monoisotopic (exact) mass is 265 g/mol. The van der Waals surface area contributed by atoms with Gasteiger partial charge in [-0.2, -0.15) is 5.26 Å². The fraction of sp³-hybridized carbons (Fsp3) is 0.143. The SMILES string of the molecule is Cc1oc(-c2ccccc2)nc1Cn1cnc(C#N)n1. The number of hydrogen-bond donors (Lipinski definition) is 0. The normalized spacial score (nSPS) is 10.4. The minimum absolute atomic E-state index is 0.148. The molecule has 0 aliphatic carbocycles. The van der Waals surface area contributed by atoms with E-state index in [4.69, 9.17) is 9.68 Å². The van der Waals surface area contributed by atoms with Gasteiger partial charge < -0.3 is 4.42 Å². The first-order chi connectivity index (χ1) is 9.76. The molecule has 6 heteroatoms. The van der Waals surface area contributed by atoms with Crippen molar-refractivity contribution in [1.82, 2.24) is 19.7 Å². The van der Waals surface area contributed by atoms with Crippen molar-refractivity contribution >= 4 is 0 Å². The first-order valence-corrected chi connectivity index (χ1v) is 6.07. The fourth-order valence-electron chi connectivity index (χ4n) is 1.85. The molecule has 0 aliphatic rings. The lowest BCUT2D eigenvalue weighted by Gasteiger charge is -1.95. The van der Waals surface area contributed by atoms with Gasteiger partial charge in [-0.15, -0.1) is 5.10 Å². The summed E-state index contributed by atoms with van der Waals surface area (Å²) < 4.78 is 7.24. The summed E-state index contributed by atoms with van der Waals surface area (Å²) in [6.45, 7) is 2.29. The second-order valence-corrected chi connectivity index (χ2v) is 4.27. The second-order valence-electron chi connectivity index (χ2n) is 4.27. The molecule has 0 spiro atoms. The van der Waals surface area contributed by atoms with E-state index >= 15 is 0 Å². The Hall–Kier alpha value is -2.94. The molecule has 0 saturated heterocycles. The van der Waals surface area contributed by atoms with Crippen LogP contribution in [0.3, 0.4) is 0 Å². The largest absolute Gasteiger partial charge is 0.441 e. The Morgan fingerprint density at radius 3 is 2.80 bits per heavy atom. The van der Waals surface area contributed by atoms with Gasteiger partial charge in [0.2, 0.25) is 5.89 Å². The van der Waals surface area contributed by atoms with Crippen molar-refractivity contribution in [3.8, 4) is 17.5 Å². The summed E-state index contributed by atoms with van der Waals surface area (Å²) in [5.41, 5.74) is 1.70. The second kappa shape index (κ2) is 4.97. The zero-order valence-electron chi connectivity index (χ0n) is 10.8. The molecule has 0 radical (unpaired) electrons. The molecule has 2 heterocycles. The summed E-state index contributed by atoms with van der Waals surface area (Å²) >= 11 is 0. The zero-order valence-corrected chi connectivity index (χ0v) is 10.8. The van der Waals surface area contributed by atoms with Crippen LogP contribution in [0.4, 0.5) is 0 Å². The molecule has 0 unspecified atom stereocenters. The molecule has 6 nitrogen and oxygen atoms in total. The van der Waals surface area contributed by atoms with Crippen LogP contribution < -0.4 is 0 Å². The van der Waals surface area contributed by atoms with E-state index in [1.54, 1.807) is 4.68 Å². The molecule has 0 bridgehead atoms. The third kappa shape index (κ3) is 2.29. The Bertz CT molecular complexity index is 766. The number of aromatic nitrogens is 4. The van der Waals surface area contributed by atoms with E-state index in [0.717, 1.165) is 17.0 Å². The van der Waals surface area contributed by atoms with Crippen molar-refractivity contribution in [2.75, 3.05) is 0 Å². The van der Waals surface area contributed by atoms with Crippen LogP contribution in [0.15, 0.2) is 41.1 Å². The maximum absolute atomic E-state index is 8.70. The summed E-state index contributed by atoms with van der Waals surface area (Å²) in [5.74, 6) is 1.46. The molecular weight excluding hydrogens is 254 g/mol. The number of hydrogen-bond acceptors (Lipinski definition) is 5. The molecule has 0 fully saturated rings. The van der Waals surface area contributed by atoms with Gasteiger partial charge in [-0.05, 0) is 19.1 Å². The van der Waals surface area contributed by atoms with Gasteiger partial charge in [0.05, 0.1) is 6.54 Å². The molecule has 1 aromatic carbocycles. The summed E-state index contributed by atoms with van der Waals surface area (Å²) in [6, 6.07) is 11.6. The highest BCUT2D eigenvalue weighted by Crippen LogP contribution is 2.21. The van der Waals surface area contributed by atoms with Crippen LogP contribution in [0, 0.1) is 18.3 Å². The van der Waals surface area contributed by atoms with Crippen molar-refractivity contribution in [2.45, 2.75) is 13.5 Å². The molecule has 0 atom stereocenters. The summed E-state index contributed by atoms with van der Waals surface area (Å²) in [5, 5.41) is 12.7. The van der Waals surface area contributed by atoms with Crippen LogP contribution in [0.1, 0.15) is 17.3 Å². The van der Waals surface area contributed by atoms with E-state index in [-0.39, 0.29) is 5.82 Å². The zero-order chi connectivity index (χ0) is 13.9. The molecule has 3 rings (SSSR count). The van der Waals surface area contributed by atoms with E-state index in [1.165, 1.54) is 6.33 Å². The van der Waals surface area contributed by atoms with E-state index in [2.05, 4.69) is 15.1 Å². The molecule has 2 aromatic heterocycles. The summed E-state index contributed by atoms with van der Waals surface area (Å²) in [7, 11) is 0. The van der Waals surface area contributed by atoms with E-state index in [9.17, 15) is 0 Å². The van der Waals surface area contributed by atoms with Crippen LogP contribution >= 0.6 is 0 Å². The lowest BCUT2D eigenvalue weighted by molar-refractivity contribution is 0.536. The van der Waals surface area contributed by atoms with Crippen LogP contribution in [-0.2, 0) is 6.54 Å². The van der Waals surface area contributed by atoms with Crippen LogP contribution in [0.25, 0.3) is 11.5 Å². The van der Waals surface area contributed by atoms with Gasteiger partial charge in [-0.3, -0.25) is 0 Å². The average Bonchev–Trinajstić information content (AvgIpc) is 3.08. The summed E-state index contributed by atoms with van der Waals surface area (Å²) in [6.07, 6.45) is 1.51. The van der Waals surface area contributed by atoms with Crippen molar-refractivity contribution in [2.24, 2.45) is 0 Å². The Labute approximate surface area is 115 Å². The third-order valence-corrected chi connectivity index (χ3v) is 2.86. The number of rotatable bonds is 3. The Balaban J connectivity index is 1.88. The molecule has 3 aromatic rings. The minimum atomic E-state index is 0.148. The standard InChI is InChI=1S/C14H11N5O/c1-10-12(8-19-9-16-13(7-15)18-19)17-14(20-10)11-5-3-2-4-6-11/h2-6,9H,8H2,1H3. The molecule has 0 saturated carbocycles. The Morgan fingerprint density at radius 1 is 1.30 bits per heavy atom. The smallest absolute Gasteiger partial charge is 0.252 e. The first-order valence-electron chi connectivity index (χ1n) is 6.07. The van der Waals surface area contributed by atoms with Gasteiger partial charge in [0.15, 0.2) is 0 Å². The summed E-state index contributed by atoms with van der Waals surface area (Å²) in [4.78, 5) is 8.33. The van der Waals surface area contributed by atoms with Gasteiger partial charge in [0.25, 0.3) is 5.82 Å². The third-order valence-electron chi connectivity index (χ3n) is 2.86.